The summed E-state index contributed by atoms with van der Waals surface area (Å²) in [5.41, 5.74) is 0.800. The summed E-state index contributed by atoms with van der Waals surface area (Å²) in [6, 6.07) is 11.7. The summed E-state index contributed by atoms with van der Waals surface area (Å²) in [5, 5.41) is 7.19. The maximum Gasteiger partial charge on any atom is 0.242 e. The van der Waals surface area contributed by atoms with Gasteiger partial charge in [-0.2, -0.15) is 0 Å². The number of pyridine rings is 1. The summed E-state index contributed by atoms with van der Waals surface area (Å²) in [5.74, 6) is 0.00615. The molecule has 4 nitrogen and oxygen atoms in total. The lowest BCUT2D eigenvalue weighted by Gasteiger charge is -2.23. The van der Waals surface area contributed by atoms with Crippen molar-refractivity contribution in [3.8, 4) is 0 Å². The number of benzene rings is 1. The number of likely N-dealkylation sites (N-methyl/N-ethyl adjacent to an activating group) is 1. The largest absolute Gasteiger partial charge is 0.325 e. The van der Waals surface area contributed by atoms with Gasteiger partial charge < -0.3 is 5.32 Å². The van der Waals surface area contributed by atoms with Gasteiger partial charge >= 0.3 is 0 Å². The van der Waals surface area contributed by atoms with E-state index >= 15 is 0 Å². The first-order valence-electron chi connectivity index (χ1n) is 7.47. The van der Waals surface area contributed by atoms with E-state index in [0.717, 1.165) is 16.5 Å². The van der Waals surface area contributed by atoms with Crippen LogP contribution in [0.15, 0.2) is 54.2 Å². The number of amides is 1. The maximum absolute atomic E-state index is 12.7. The number of thiophene rings is 1. The quantitative estimate of drug-likeness (QED) is 0.782. The molecule has 0 spiro atoms. The monoisotopic (exact) mass is 325 g/mol. The lowest BCUT2D eigenvalue weighted by Crippen LogP contribution is -2.41. The van der Waals surface area contributed by atoms with Crippen molar-refractivity contribution in [3.63, 3.8) is 0 Å². The van der Waals surface area contributed by atoms with E-state index in [2.05, 4.69) is 16.4 Å². The lowest BCUT2D eigenvalue weighted by atomic mass is 10.1. The summed E-state index contributed by atoms with van der Waals surface area (Å²) in [4.78, 5) is 19.9. The molecule has 0 bridgehead atoms. The Kier molecular flexibility index (Phi) is 4.69. The normalized spacial score (nSPS) is 12.5. The van der Waals surface area contributed by atoms with E-state index in [1.165, 1.54) is 4.88 Å². The fourth-order valence-corrected chi connectivity index (χ4v) is 3.26. The Hall–Kier alpha value is -2.24. The van der Waals surface area contributed by atoms with Crippen LogP contribution >= 0.6 is 11.3 Å². The molecule has 1 amide bonds. The molecule has 0 unspecified atom stereocenters. The SMILES string of the molecule is CN(C)[C@@H](Cc1cccs1)C(=O)Nc1ccc2ccncc2c1. The minimum absolute atomic E-state index is 0.00615. The Morgan fingerprint density at radius 3 is 2.87 bits per heavy atom. The molecular weight excluding hydrogens is 306 g/mol. The van der Waals surface area contributed by atoms with Crippen LogP contribution in [0.25, 0.3) is 10.8 Å². The summed E-state index contributed by atoms with van der Waals surface area (Å²) >= 11 is 1.68. The molecule has 0 saturated carbocycles. The predicted octanol–water partition coefficient (Wildman–Crippen LogP) is 3.41. The second kappa shape index (κ2) is 6.89. The van der Waals surface area contributed by atoms with Crippen LogP contribution in [-0.2, 0) is 11.2 Å². The standard InChI is InChI=1S/C18H19N3OS/c1-21(2)17(11-16-4-3-9-23-16)18(22)20-15-6-5-13-7-8-19-12-14(13)10-15/h3-10,12,17H,11H2,1-2H3,(H,20,22)/t17-/m0/s1. The van der Waals surface area contributed by atoms with Crippen LogP contribution in [0.1, 0.15) is 4.88 Å². The Bertz CT molecular complexity index is 799. The van der Waals surface area contributed by atoms with Crippen molar-refractivity contribution in [1.82, 2.24) is 9.88 Å². The Labute approximate surface area is 139 Å². The van der Waals surface area contributed by atoms with Gasteiger partial charge in [-0.25, -0.2) is 0 Å². The summed E-state index contributed by atoms with van der Waals surface area (Å²) in [6.07, 6.45) is 4.29. The fourth-order valence-electron chi connectivity index (χ4n) is 2.52. The molecule has 118 valence electrons. The van der Waals surface area contributed by atoms with Crippen molar-refractivity contribution >= 4 is 33.7 Å². The molecule has 0 fully saturated rings. The van der Waals surface area contributed by atoms with Gasteiger partial charge in [0.15, 0.2) is 0 Å². The number of hydrogen-bond acceptors (Lipinski definition) is 4. The van der Waals surface area contributed by atoms with E-state index in [-0.39, 0.29) is 11.9 Å². The van der Waals surface area contributed by atoms with Crippen LogP contribution in [0.3, 0.4) is 0 Å². The van der Waals surface area contributed by atoms with Crippen LogP contribution in [0.2, 0.25) is 0 Å². The van der Waals surface area contributed by atoms with Gasteiger partial charge in [-0.1, -0.05) is 12.1 Å². The van der Waals surface area contributed by atoms with E-state index in [9.17, 15) is 4.79 Å². The Morgan fingerprint density at radius 1 is 1.26 bits per heavy atom. The highest BCUT2D eigenvalue weighted by Gasteiger charge is 2.21. The van der Waals surface area contributed by atoms with Crippen molar-refractivity contribution in [2.75, 3.05) is 19.4 Å². The zero-order valence-corrected chi connectivity index (χ0v) is 14.0. The first-order chi connectivity index (χ1) is 11.1. The van der Waals surface area contributed by atoms with Crippen LogP contribution in [-0.4, -0.2) is 35.9 Å². The van der Waals surface area contributed by atoms with Crippen molar-refractivity contribution in [1.29, 1.82) is 0 Å². The van der Waals surface area contributed by atoms with Gasteiger partial charge in [0, 0.05) is 34.8 Å². The van der Waals surface area contributed by atoms with Gasteiger partial charge in [0.2, 0.25) is 5.91 Å². The highest BCUT2D eigenvalue weighted by molar-refractivity contribution is 7.09. The van der Waals surface area contributed by atoms with Gasteiger partial charge in [-0.15, -0.1) is 11.3 Å². The van der Waals surface area contributed by atoms with E-state index in [1.54, 1.807) is 23.7 Å². The molecule has 1 aromatic carbocycles. The van der Waals surface area contributed by atoms with Crippen molar-refractivity contribution in [2.45, 2.75) is 12.5 Å². The predicted molar refractivity (Wildman–Crippen MR) is 95.9 cm³/mol. The Morgan fingerprint density at radius 2 is 2.13 bits per heavy atom. The minimum atomic E-state index is -0.196. The number of anilines is 1. The highest BCUT2D eigenvalue weighted by Crippen LogP contribution is 2.19. The van der Waals surface area contributed by atoms with Crippen LogP contribution in [0.5, 0.6) is 0 Å². The van der Waals surface area contributed by atoms with Crippen LogP contribution in [0, 0.1) is 0 Å². The molecule has 0 aliphatic carbocycles. The van der Waals surface area contributed by atoms with Gasteiger partial charge in [0.05, 0.1) is 6.04 Å². The molecule has 5 heteroatoms. The molecule has 3 rings (SSSR count). The first kappa shape index (κ1) is 15.6. The van der Waals surface area contributed by atoms with E-state index in [0.29, 0.717) is 6.42 Å². The smallest absolute Gasteiger partial charge is 0.242 e. The van der Waals surface area contributed by atoms with E-state index in [4.69, 9.17) is 0 Å². The number of nitrogens with one attached hydrogen (secondary N) is 1. The van der Waals surface area contributed by atoms with Gasteiger partial charge in [-0.3, -0.25) is 14.7 Å². The lowest BCUT2D eigenvalue weighted by molar-refractivity contribution is -0.120. The number of hydrogen-bond donors (Lipinski definition) is 1. The average molecular weight is 325 g/mol. The zero-order chi connectivity index (χ0) is 16.2. The molecule has 2 heterocycles. The van der Waals surface area contributed by atoms with Gasteiger partial charge in [0.25, 0.3) is 0 Å². The molecule has 0 aliphatic rings. The van der Waals surface area contributed by atoms with E-state index in [1.807, 2.05) is 54.7 Å². The molecule has 1 atom stereocenters. The number of aromatic nitrogens is 1. The van der Waals surface area contributed by atoms with Crippen molar-refractivity contribution < 1.29 is 4.79 Å². The summed E-state index contributed by atoms with van der Waals surface area (Å²) in [6.45, 7) is 0. The fraction of sp³-hybridized carbons (Fsp3) is 0.222. The second-order valence-corrected chi connectivity index (χ2v) is 6.72. The molecule has 0 aliphatic heterocycles. The molecule has 1 N–H and O–H groups in total. The van der Waals surface area contributed by atoms with Crippen LogP contribution < -0.4 is 5.32 Å². The second-order valence-electron chi connectivity index (χ2n) is 5.69. The molecule has 3 aromatic rings. The number of nitrogens with zero attached hydrogens (tertiary/aromatic N) is 2. The minimum Gasteiger partial charge on any atom is -0.325 e. The highest BCUT2D eigenvalue weighted by atomic mass is 32.1. The van der Waals surface area contributed by atoms with Gasteiger partial charge in [0.1, 0.15) is 0 Å². The topological polar surface area (TPSA) is 45.2 Å². The number of rotatable bonds is 5. The summed E-state index contributed by atoms with van der Waals surface area (Å²) < 4.78 is 0. The first-order valence-corrected chi connectivity index (χ1v) is 8.35. The number of carbonyl (C=O) groups is 1. The van der Waals surface area contributed by atoms with E-state index < -0.39 is 0 Å². The average Bonchev–Trinajstić information content (AvgIpc) is 3.05. The van der Waals surface area contributed by atoms with Gasteiger partial charge in [-0.05, 0) is 49.1 Å². The maximum atomic E-state index is 12.7. The molecule has 0 saturated heterocycles. The number of carbonyl (C=O) groups excluding carboxylic acids is 1. The molecular formula is C18H19N3OS. The Balaban J connectivity index is 1.77. The van der Waals surface area contributed by atoms with Crippen LogP contribution in [0.4, 0.5) is 5.69 Å². The molecule has 2 aromatic heterocycles. The van der Waals surface area contributed by atoms with Crippen molar-refractivity contribution in [2.24, 2.45) is 0 Å². The third-order valence-electron chi connectivity index (χ3n) is 3.81. The number of fused-ring (bicyclic) bond motifs is 1. The third kappa shape index (κ3) is 3.75. The molecule has 0 radical (unpaired) electrons. The zero-order valence-electron chi connectivity index (χ0n) is 13.2. The summed E-state index contributed by atoms with van der Waals surface area (Å²) in [7, 11) is 3.87. The third-order valence-corrected chi connectivity index (χ3v) is 4.71. The molecule has 23 heavy (non-hydrogen) atoms. The van der Waals surface area contributed by atoms with Crippen molar-refractivity contribution in [3.05, 3.63) is 59.0 Å².